The highest BCUT2D eigenvalue weighted by Gasteiger charge is 2.45. The smallest absolute Gasteiger partial charge is 0.291 e. The molecule has 0 bridgehead atoms. The topological polar surface area (TPSA) is 35.8 Å². The molecule has 1 N–H and O–H groups in total. The van der Waals surface area contributed by atoms with Crippen molar-refractivity contribution in [1.29, 1.82) is 5.26 Å². The van der Waals surface area contributed by atoms with E-state index in [9.17, 15) is 13.2 Å². The Morgan fingerprint density at radius 2 is 2.00 bits per heavy atom. The molecule has 1 fully saturated rings. The first kappa shape index (κ1) is 11.3. The van der Waals surface area contributed by atoms with Gasteiger partial charge in [-0.05, 0) is 25.2 Å². The van der Waals surface area contributed by atoms with Crippen LogP contribution in [-0.2, 0) is 0 Å². The lowest BCUT2D eigenvalue weighted by molar-refractivity contribution is -0.128. The Morgan fingerprint density at radius 3 is 2.29 bits per heavy atom. The molecule has 0 aliphatic heterocycles. The van der Waals surface area contributed by atoms with Gasteiger partial charge in [-0.1, -0.05) is 6.92 Å². The van der Waals surface area contributed by atoms with Crippen molar-refractivity contribution in [1.82, 2.24) is 5.32 Å². The molecule has 0 aromatic rings. The van der Waals surface area contributed by atoms with Crippen molar-refractivity contribution in [3.05, 3.63) is 0 Å². The van der Waals surface area contributed by atoms with Crippen LogP contribution in [0.15, 0.2) is 0 Å². The minimum absolute atomic E-state index is 0.0971. The summed E-state index contributed by atoms with van der Waals surface area (Å²) >= 11 is 0. The Balaban J connectivity index is 2.56. The first-order valence-corrected chi connectivity index (χ1v) is 4.66. The van der Waals surface area contributed by atoms with Crippen molar-refractivity contribution < 1.29 is 13.2 Å². The molecular weight excluding hydrogens is 193 g/mol. The lowest BCUT2D eigenvalue weighted by atomic mass is 9.92. The van der Waals surface area contributed by atoms with Gasteiger partial charge in [0, 0.05) is 0 Å². The average molecular weight is 206 g/mol. The standard InChI is InChI=1S/C9H13F3N2/c1-2-8(5-13,7-3-4-7)14-6-9(10,11)12/h7,14H,2-4,6H2,1H3. The van der Waals surface area contributed by atoms with E-state index in [2.05, 4.69) is 5.32 Å². The molecule has 1 atom stereocenters. The summed E-state index contributed by atoms with van der Waals surface area (Å²) in [5.41, 5.74) is -0.963. The predicted molar refractivity (Wildman–Crippen MR) is 45.4 cm³/mol. The third-order valence-electron chi connectivity index (χ3n) is 2.64. The van der Waals surface area contributed by atoms with Crippen LogP contribution < -0.4 is 5.32 Å². The molecule has 14 heavy (non-hydrogen) atoms. The Labute approximate surface area is 81.1 Å². The zero-order valence-electron chi connectivity index (χ0n) is 7.99. The molecule has 1 aliphatic carbocycles. The van der Waals surface area contributed by atoms with Gasteiger partial charge in [-0.2, -0.15) is 18.4 Å². The van der Waals surface area contributed by atoms with E-state index >= 15 is 0 Å². The second kappa shape index (κ2) is 3.77. The van der Waals surface area contributed by atoms with Crippen molar-refractivity contribution in [2.24, 2.45) is 5.92 Å². The van der Waals surface area contributed by atoms with E-state index < -0.39 is 18.3 Å². The molecule has 1 unspecified atom stereocenters. The minimum atomic E-state index is -4.24. The van der Waals surface area contributed by atoms with Gasteiger partial charge in [0.05, 0.1) is 12.6 Å². The average Bonchev–Trinajstić information content (AvgIpc) is 2.89. The highest BCUT2D eigenvalue weighted by atomic mass is 19.4. The molecule has 80 valence electrons. The van der Waals surface area contributed by atoms with E-state index in [0.717, 1.165) is 12.8 Å². The maximum absolute atomic E-state index is 12.0. The monoisotopic (exact) mass is 206 g/mol. The normalized spacial score (nSPS) is 21.4. The maximum Gasteiger partial charge on any atom is 0.401 e. The molecule has 0 aromatic heterocycles. The van der Waals surface area contributed by atoms with Gasteiger partial charge in [0.25, 0.3) is 0 Å². The minimum Gasteiger partial charge on any atom is -0.291 e. The summed E-state index contributed by atoms with van der Waals surface area (Å²) in [6, 6.07) is 1.99. The highest BCUT2D eigenvalue weighted by molar-refractivity contribution is 5.14. The molecular formula is C9H13F3N2. The van der Waals surface area contributed by atoms with Gasteiger partial charge in [-0.25, -0.2) is 0 Å². The molecule has 5 heteroatoms. The van der Waals surface area contributed by atoms with E-state index in [1.54, 1.807) is 6.92 Å². The van der Waals surface area contributed by atoms with Gasteiger partial charge in [0.1, 0.15) is 5.54 Å². The third kappa shape index (κ3) is 2.61. The highest BCUT2D eigenvalue weighted by Crippen LogP contribution is 2.41. The number of nitriles is 1. The van der Waals surface area contributed by atoms with E-state index in [1.165, 1.54) is 0 Å². The largest absolute Gasteiger partial charge is 0.401 e. The van der Waals surface area contributed by atoms with E-state index in [4.69, 9.17) is 5.26 Å². The van der Waals surface area contributed by atoms with Crippen molar-refractivity contribution in [3.63, 3.8) is 0 Å². The number of rotatable bonds is 4. The Morgan fingerprint density at radius 1 is 1.43 bits per heavy atom. The van der Waals surface area contributed by atoms with Crippen molar-refractivity contribution >= 4 is 0 Å². The molecule has 0 amide bonds. The fraction of sp³-hybridized carbons (Fsp3) is 0.889. The van der Waals surface area contributed by atoms with Crippen LogP contribution in [0.25, 0.3) is 0 Å². The summed E-state index contributed by atoms with van der Waals surface area (Å²) < 4.78 is 35.9. The summed E-state index contributed by atoms with van der Waals surface area (Å²) in [6.45, 7) is 0.663. The van der Waals surface area contributed by atoms with E-state index in [1.807, 2.05) is 6.07 Å². The fourth-order valence-corrected chi connectivity index (χ4v) is 1.60. The van der Waals surface area contributed by atoms with Crippen LogP contribution in [0.4, 0.5) is 13.2 Å². The molecule has 2 nitrogen and oxygen atoms in total. The second-order valence-corrected chi connectivity index (χ2v) is 3.68. The number of hydrogen-bond acceptors (Lipinski definition) is 2. The summed E-state index contributed by atoms with van der Waals surface area (Å²) in [4.78, 5) is 0. The van der Waals surface area contributed by atoms with Crippen molar-refractivity contribution in [2.75, 3.05) is 6.54 Å². The van der Waals surface area contributed by atoms with Crippen LogP contribution >= 0.6 is 0 Å². The maximum atomic E-state index is 12.0. The number of alkyl halides is 3. The molecule has 0 saturated heterocycles. The van der Waals surface area contributed by atoms with Gasteiger partial charge in [0.2, 0.25) is 0 Å². The summed E-state index contributed by atoms with van der Waals surface area (Å²) in [5.74, 6) is 0.0971. The quantitative estimate of drug-likeness (QED) is 0.765. The fourth-order valence-electron chi connectivity index (χ4n) is 1.60. The molecule has 1 rings (SSSR count). The molecule has 0 radical (unpaired) electrons. The Kier molecular flexibility index (Phi) is 3.05. The Hall–Kier alpha value is -0.760. The molecule has 0 spiro atoms. The zero-order chi connectivity index (χ0) is 10.8. The number of halogens is 3. The lowest BCUT2D eigenvalue weighted by Gasteiger charge is -2.27. The van der Waals surface area contributed by atoms with Crippen LogP contribution in [0.2, 0.25) is 0 Å². The summed E-state index contributed by atoms with van der Waals surface area (Å²) in [6.07, 6.45) is -2.12. The second-order valence-electron chi connectivity index (χ2n) is 3.68. The van der Waals surface area contributed by atoms with Crippen LogP contribution in [0.5, 0.6) is 0 Å². The van der Waals surface area contributed by atoms with E-state index in [0.29, 0.717) is 6.42 Å². The molecule has 1 aliphatic rings. The first-order valence-electron chi connectivity index (χ1n) is 4.66. The van der Waals surface area contributed by atoms with Gasteiger partial charge < -0.3 is 0 Å². The summed E-state index contributed by atoms with van der Waals surface area (Å²) in [5, 5.41) is 11.3. The van der Waals surface area contributed by atoms with Gasteiger partial charge in [-0.15, -0.1) is 0 Å². The molecule has 0 heterocycles. The van der Waals surface area contributed by atoms with E-state index in [-0.39, 0.29) is 5.92 Å². The Bertz CT molecular complexity index is 239. The van der Waals surface area contributed by atoms with Crippen molar-refractivity contribution in [2.45, 2.75) is 37.9 Å². The zero-order valence-corrected chi connectivity index (χ0v) is 7.99. The number of nitrogens with zero attached hydrogens (tertiary/aromatic N) is 1. The SMILES string of the molecule is CCC(C#N)(NCC(F)(F)F)C1CC1. The lowest BCUT2D eigenvalue weighted by Crippen LogP contribution is -2.49. The van der Waals surface area contributed by atoms with Gasteiger partial charge in [0.15, 0.2) is 0 Å². The van der Waals surface area contributed by atoms with Gasteiger partial charge >= 0.3 is 6.18 Å². The van der Waals surface area contributed by atoms with Crippen LogP contribution in [0.3, 0.4) is 0 Å². The predicted octanol–water partition coefficient (Wildman–Crippen LogP) is 2.22. The van der Waals surface area contributed by atoms with Crippen LogP contribution in [0.1, 0.15) is 26.2 Å². The molecule has 0 aromatic carbocycles. The number of nitrogens with one attached hydrogen (secondary N) is 1. The molecule has 1 saturated carbocycles. The summed E-state index contributed by atoms with van der Waals surface area (Å²) in [7, 11) is 0. The van der Waals surface area contributed by atoms with Crippen molar-refractivity contribution in [3.8, 4) is 6.07 Å². The van der Waals surface area contributed by atoms with Gasteiger partial charge in [-0.3, -0.25) is 5.32 Å². The van der Waals surface area contributed by atoms with Crippen LogP contribution in [0, 0.1) is 17.2 Å². The first-order chi connectivity index (χ1) is 6.43. The van der Waals surface area contributed by atoms with Crippen LogP contribution in [-0.4, -0.2) is 18.3 Å². The number of hydrogen-bond donors (Lipinski definition) is 1. The third-order valence-corrected chi connectivity index (χ3v) is 2.64.